The minimum atomic E-state index is -0.521. The van der Waals surface area contributed by atoms with Gasteiger partial charge in [-0.1, -0.05) is 24.6 Å². The Morgan fingerprint density at radius 3 is 2.81 bits per heavy atom. The third-order valence-corrected chi connectivity index (χ3v) is 4.09. The summed E-state index contributed by atoms with van der Waals surface area (Å²) < 4.78 is 5.63. The molecule has 0 bridgehead atoms. The molecule has 1 heterocycles. The van der Waals surface area contributed by atoms with Gasteiger partial charge in [-0.15, -0.1) is 0 Å². The van der Waals surface area contributed by atoms with E-state index in [-0.39, 0.29) is 11.9 Å². The number of amides is 1. The number of nitrogens with zero attached hydrogens (tertiary/aromatic N) is 1. The lowest BCUT2D eigenvalue weighted by atomic mass is 10.0. The molecule has 2 rings (SSSR count). The molecule has 0 aromatic heterocycles. The summed E-state index contributed by atoms with van der Waals surface area (Å²) in [6.45, 7) is 7.10. The van der Waals surface area contributed by atoms with E-state index in [1.165, 1.54) is 0 Å². The summed E-state index contributed by atoms with van der Waals surface area (Å²) >= 11 is 5.91. The van der Waals surface area contributed by atoms with E-state index in [0.717, 1.165) is 32.5 Å². The predicted octanol–water partition coefficient (Wildman–Crippen LogP) is 2.71. The average Bonchev–Trinajstić information content (AvgIpc) is 2.48. The maximum atomic E-state index is 12.2. The molecule has 5 heteroatoms. The van der Waals surface area contributed by atoms with Gasteiger partial charge in [0.2, 0.25) is 0 Å². The third kappa shape index (κ3) is 4.90. The molecule has 116 valence electrons. The van der Waals surface area contributed by atoms with Crippen molar-refractivity contribution < 1.29 is 9.53 Å². The van der Waals surface area contributed by atoms with Crippen molar-refractivity contribution in [1.82, 2.24) is 10.2 Å². The molecule has 1 atom stereocenters. The molecule has 1 fully saturated rings. The fourth-order valence-electron chi connectivity index (χ4n) is 2.51. The van der Waals surface area contributed by atoms with Crippen LogP contribution in [0.1, 0.15) is 26.7 Å². The fraction of sp³-hybridized carbons (Fsp3) is 0.562. The zero-order chi connectivity index (χ0) is 15.2. The highest BCUT2D eigenvalue weighted by Crippen LogP contribution is 2.18. The molecule has 1 saturated heterocycles. The van der Waals surface area contributed by atoms with Gasteiger partial charge in [0.1, 0.15) is 5.75 Å². The number of ether oxygens (including phenoxy) is 1. The van der Waals surface area contributed by atoms with E-state index >= 15 is 0 Å². The lowest BCUT2D eigenvalue weighted by Gasteiger charge is -2.32. The van der Waals surface area contributed by atoms with Gasteiger partial charge >= 0.3 is 0 Å². The van der Waals surface area contributed by atoms with Crippen molar-refractivity contribution in [3.63, 3.8) is 0 Å². The van der Waals surface area contributed by atoms with Crippen LogP contribution in [0.2, 0.25) is 5.02 Å². The molecule has 1 aliphatic heterocycles. The van der Waals surface area contributed by atoms with Crippen LogP contribution in [0.15, 0.2) is 24.3 Å². The van der Waals surface area contributed by atoms with Gasteiger partial charge in [-0.2, -0.15) is 0 Å². The Hall–Kier alpha value is -1.26. The minimum absolute atomic E-state index is 0.0649. The second-order valence-electron chi connectivity index (χ2n) is 5.43. The van der Waals surface area contributed by atoms with E-state index in [9.17, 15) is 4.79 Å². The van der Waals surface area contributed by atoms with Crippen LogP contribution in [0.25, 0.3) is 0 Å². The SMILES string of the molecule is CCN1CCC(NC(=O)[C@H](C)Oc2cccc(Cl)c2)CC1. The molecule has 1 aliphatic rings. The van der Waals surface area contributed by atoms with Gasteiger partial charge in [-0.25, -0.2) is 0 Å². The van der Waals surface area contributed by atoms with Crippen LogP contribution in [-0.2, 0) is 4.79 Å². The largest absolute Gasteiger partial charge is 0.481 e. The molecule has 0 radical (unpaired) electrons. The standard InChI is InChI=1S/C16H23ClN2O2/c1-3-19-9-7-14(8-10-19)18-16(20)12(2)21-15-6-4-5-13(17)11-15/h4-6,11-12,14H,3,7-10H2,1-2H3,(H,18,20)/t12-/m0/s1. The smallest absolute Gasteiger partial charge is 0.260 e. The van der Waals surface area contributed by atoms with Gasteiger partial charge in [0.15, 0.2) is 6.10 Å². The molecule has 21 heavy (non-hydrogen) atoms. The van der Waals surface area contributed by atoms with E-state index < -0.39 is 6.10 Å². The number of benzene rings is 1. The predicted molar refractivity (Wildman–Crippen MR) is 84.8 cm³/mol. The van der Waals surface area contributed by atoms with E-state index in [0.29, 0.717) is 10.8 Å². The Bertz CT molecular complexity index is 473. The Morgan fingerprint density at radius 1 is 1.48 bits per heavy atom. The number of likely N-dealkylation sites (tertiary alicyclic amines) is 1. The van der Waals surface area contributed by atoms with Gasteiger partial charge in [0.05, 0.1) is 0 Å². The molecule has 0 aliphatic carbocycles. The summed E-state index contributed by atoms with van der Waals surface area (Å²) in [5, 5.41) is 3.68. The van der Waals surface area contributed by atoms with Crippen molar-refractivity contribution in [3.8, 4) is 5.75 Å². The first kappa shape index (κ1) is 16.1. The normalized spacial score (nSPS) is 18.2. The van der Waals surface area contributed by atoms with Crippen molar-refractivity contribution in [1.29, 1.82) is 0 Å². The third-order valence-electron chi connectivity index (χ3n) is 3.86. The van der Waals surface area contributed by atoms with Crippen molar-refractivity contribution in [2.45, 2.75) is 38.8 Å². The summed E-state index contributed by atoms with van der Waals surface area (Å²) in [5.41, 5.74) is 0. The molecule has 1 aromatic rings. The Balaban J connectivity index is 1.80. The molecule has 1 amide bonds. The van der Waals surface area contributed by atoms with E-state index in [4.69, 9.17) is 16.3 Å². The Morgan fingerprint density at radius 2 is 2.19 bits per heavy atom. The van der Waals surface area contributed by atoms with Gasteiger partial charge in [0, 0.05) is 24.2 Å². The number of nitrogens with one attached hydrogen (secondary N) is 1. The molecule has 1 N–H and O–H groups in total. The number of hydrogen-bond donors (Lipinski definition) is 1. The summed E-state index contributed by atoms with van der Waals surface area (Å²) in [7, 11) is 0. The Labute approximate surface area is 131 Å². The molecular weight excluding hydrogens is 288 g/mol. The minimum Gasteiger partial charge on any atom is -0.481 e. The molecular formula is C16H23ClN2O2. The first-order valence-electron chi connectivity index (χ1n) is 7.53. The van der Waals surface area contributed by atoms with Gasteiger partial charge in [0.25, 0.3) is 5.91 Å². The lowest BCUT2D eigenvalue weighted by molar-refractivity contribution is -0.128. The summed E-state index contributed by atoms with van der Waals surface area (Å²) in [5.74, 6) is 0.552. The molecule has 4 nitrogen and oxygen atoms in total. The quantitative estimate of drug-likeness (QED) is 0.909. The maximum Gasteiger partial charge on any atom is 0.260 e. The highest BCUT2D eigenvalue weighted by molar-refractivity contribution is 6.30. The first-order chi connectivity index (χ1) is 10.1. The van der Waals surface area contributed by atoms with E-state index in [1.807, 2.05) is 6.07 Å². The van der Waals surface area contributed by atoms with Crippen LogP contribution < -0.4 is 10.1 Å². The van der Waals surface area contributed by atoms with Crippen molar-refractivity contribution in [3.05, 3.63) is 29.3 Å². The monoisotopic (exact) mass is 310 g/mol. The zero-order valence-electron chi connectivity index (χ0n) is 12.6. The van der Waals surface area contributed by atoms with Crippen LogP contribution in [0, 0.1) is 0 Å². The van der Waals surface area contributed by atoms with Crippen LogP contribution in [-0.4, -0.2) is 42.6 Å². The maximum absolute atomic E-state index is 12.2. The van der Waals surface area contributed by atoms with E-state index in [1.54, 1.807) is 25.1 Å². The van der Waals surface area contributed by atoms with Gasteiger partial charge < -0.3 is 15.0 Å². The van der Waals surface area contributed by atoms with Crippen molar-refractivity contribution >= 4 is 17.5 Å². The van der Waals surface area contributed by atoms with Gasteiger partial charge in [-0.3, -0.25) is 4.79 Å². The van der Waals surface area contributed by atoms with Gasteiger partial charge in [-0.05, 0) is 44.5 Å². The number of piperidine rings is 1. The topological polar surface area (TPSA) is 41.6 Å². The molecule has 0 spiro atoms. The Kier molecular flexibility index (Phi) is 5.88. The lowest BCUT2D eigenvalue weighted by Crippen LogP contribution is -2.48. The number of halogens is 1. The van der Waals surface area contributed by atoms with Crippen LogP contribution in [0.3, 0.4) is 0 Å². The highest BCUT2D eigenvalue weighted by Gasteiger charge is 2.22. The molecule has 1 aromatic carbocycles. The average molecular weight is 311 g/mol. The number of carbonyl (C=O) groups is 1. The zero-order valence-corrected chi connectivity index (χ0v) is 13.4. The first-order valence-corrected chi connectivity index (χ1v) is 7.91. The summed E-state index contributed by atoms with van der Waals surface area (Å²) in [6, 6.07) is 7.36. The second kappa shape index (κ2) is 7.66. The summed E-state index contributed by atoms with van der Waals surface area (Å²) in [4.78, 5) is 14.6. The van der Waals surface area contributed by atoms with Crippen LogP contribution in [0.5, 0.6) is 5.75 Å². The summed E-state index contributed by atoms with van der Waals surface area (Å²) in [6.07, 6.45) is 1.49. The number of carbonyl (C=O) groups excluding carboxylic acids is 1. The van der Waals surface area contributed by atoms with Crippen molar-refractivity contribution in [2.24, 2.45) is 0 Å². The number of hydrogen-bond acceptors (Lipinski definition) is 3. The fourth-order valence-corrected chi connectivity index (χ4v) is 2.69. The van der Waals surface area contributed by atoms with Crippen LogP contribution >= 0.6 is 11.6 Å². The number of rotatable bonds is 5. The second-order valence-corrected chi connectivity index (χ2v) is 5.87. The van der Waals surface area contributed by atoms with E-state index in [2.05, 4.69) is 17.1 Å². The highest BCUT2D eigenvalue weighted by atomic mass is 35.5. The molecule has 0 saturated carbocycles. The van der Waals surface area contributed by atoms with Crippen molar-refractivity contribution in [2.75, 3.05) is 19.6 Å². The molecule has 0 unspecified atom stereocenters. The van der Waals surface area contributed by atoms with Crippen LogP contribution in [0.4, 0.5) is 0 Å².